The molecule has 0 spiro atoms. The third-order valence-electron chi connectivity index (χ3n) is 7.49. The minimum Gasteiger partial charge on any atom is -0.475 e. The number of unbranched alkanes of at least 4 members (excludes halogenated alkanes) is 2. The number of hydrogen-bond donors (Lipinski definition) is 4. The second kappa shape index (κ2) is 19.8. The molecule has 4 amide bonds. The topological polar surface area (TPSA) is 197 Å². The third-order valence-corrected chi connectivity index (χ3v) is 8.41. The van der Waals surface area contributed by atoms with E-state index >= 15 is 0 Å². The molecule has 3 aromatic rings. The van der Waals surface area contributed by atoms with E-state index in [2.05, 4.69) is 31.9 Å². The fourth-order valence-electron chi connectivity index (χ4n) is 5.09. The third kappa shape index (κ3) is 13.0. The number of barbiturate groups is 1. The standard InChI is InChI=1S/C29H33Br2N5O3.2C2HF3O2/c30-22-15-20(16-23(31)17-22)18-29(19-24-10-9-21-7-1-2-8-25(21)34-24)26(37)35(13-5-3-11-32)28(39)36(27(29)38)14-6-4-12-33;2*3-2(4,5)1(6)7/h1-2,7-10,15-17H,3-6,11-14,18-19,32-33H2;2*(H,6,7). The van der Waals surface area contributed by atoms with E-state index in [1.807, 2.05) is 54.6 Å². The van der Waals surface area contributed by atoms with Crippen LogP contribution < -0.4 is 11.5 Å². The van der Waals surface area contributed by atoms with Gasteiger partial charge >= 0.3 is 30.3 Å². The number of fused-ring (bicyclic) bond motifs is 1. The summed E-state index contributed by atoms with van der Waals surface area (Å²) in [5.41, 5.74) is 12.0. The monoisotopic (exact) mass is 885 g/mol. The summed E-state index contributed by atoms with van der Waals surface area (Å²) in [4.78, 5) is 67.3. The maximum Gasteiger partial charge on any atom is 0.490 e. The maximum absolute atomic E-state index is 14.3. The first kappa shape index (κ1) is 45.0. The van der Waals surface area contributed by atoms with Crippen LogP contribution in [0.3, 0.4) is 0 Å². The number of para-hydroxylation sites is 1. The minimum atomic E-state index is -5.08. The number of carbonyl (C=O) groups is 5. The first-order chi connectivity index (χ1) is 24.7. The van der Waals surface area contributed by atoms with E-state index in [-0.39, 0.29) is 25.9 Å². The zero-order valence-electron chi connectivity index (χ0n) is 27.7. The van der Waals surface area contributed by atoms with Crippen LogP contribution in [0.1, 0.15) is 36.9 Å². The molecule has 20 heteroatoms. The van der Waals surface area contributed by atoms with Gasteiger partial charge in [-0.05, 0) is 81.1 Å². The Hall–Kier alpha value is -4.14. The maximum atomic E-state index is 14.3. The summed E-state index contributed by atoms with van der Waals surface area (Å²) in [6.07, 6.45) is -7.54. The van der Waals surface area contributed by atoms with Gasteiger partial charge in [-0.2, -0.15) is 26.3 Å². The largest absolute Gasteiger partial charge is 0.490 e. The van der Waals surface area contributed by atoms with Gasteiger partial charge in [0.1, 0.15) is 5.41 Å². The summed E-state index contributed by atoms with van der Waals surface area (Å²) in [7, 11) is 0. The summed E-state index contributed by atoms with van der Waals surface area (Å²) >= 11 is 7.05. The number of carboxylic acid groups (broad SMARTS) is 2. The molecular formula is C33H35Br2F6N5O7. The SMILES string of the molecule is NCCCCN1C(=O)N(CCCCN)C(=O)C(Cc2cc(Br)cc(Br)c2)(Cc2ccc3ccccc3n2)C1=O.O=C(O)C(F)(F)F.O=C(O)C(F)(F)F. The molecule has 0 aliphatic carbocycles. The number of urea groups is 1. The van der Waals surface area contributed by atoms with Crippen LogP contribution in [0.4, 0.5) is 31.1 Å². The van der Waals surface area contributed by atoms with E-state index in [4.69, 9.17) is 36.3 Å². The van der Waals surface area contributed by atoms with E-state index in [1.54, 1.807) is 0 Å². The molecule has 4 rings (SSSR count). The molecule has 1 aliphatic heterocycles. The highest BCUT2D eigenvalue weighted by molar-refractivity contribution is 9.11. The van der Waals surface area contributed by atoms with Crippen LogP contribution in [-0.4, -0.2) is 93.3 Å². The van der Waals surface area contributed by atoms with Crippen LogP contribution in [-0.2, 0) is 32.0 Å². The van der Waals surface area contributed by atoms with Gasteiger partial charge in [-0.25, -0.2) is 14.4 Å². The van der Waals surface area contributed by atoms with Crippen LogP contribution in [0.15, 0.2) is 63.5 Å². The average molecular weight is 887 g/mol. The number of aromatic nitrogens is 1. The molecule has 1 aromatic heterocycles. The van der Waals surface area contributed by atoms with Crippen molar-refractivity contribution in [3.63, 3.8) is 0 Å². The minimum absolute atomic E-state index is 0.0632. The smallest absolute Gasteiger partial charge is 0.475 e. The fraction of sp³-hybridized carbons (Fsp3) is 0.394. The zero-order valence-corrected chi connectivity index (χ0v) is 30.9. The van der Waals surface area contributed by atoms with Gasteiger partial charge in [0.15, 0.2) is 0 Å². The molecule has 12 nitrogen and oxygen atoms in total. The second-order valence-electron chi connectivity index (χ2n) is 11.5. The number of amides is 4. The van der Waals surface area contributed by atoms with Gasteiger partial charge < -0.3 is 21.7 Å². The number of nitrogens with two attached hydrogens (primary N) is 2. The summed E-state index contributed by atoms with van der Waals surface area (Å²) in [6.45, 7) is 1.30. The molecule has 0 atom stereocenters. The highest BCUT2D eigenvalue weighted by Gasteiger charge is 2.57. The van der Waals surface area contributed by atoms with Crippen molar-refractivity contribution in [1.82, 2.24) is 14.8 Å². The Kier molecular flexibility index (Phi) is 16.8. The van der Waals surface area contributed by atoms with E-state index in [0.29, 0.717) is 44.5 Å². The number of nitrogens with zero attached hydrogens (tertiary/aromatic N) is 3. The van der Waals surface area contributed by atoms with E-state index < -0.39 is 47.6 Å². The quantitative estimate of drug-likeness (QED) is 0.0942. The van der Waals surface area contributed by atoms with Crippen molar-refractivity contribution in [2.45, 2.75) is 50.9 Å². The van der Waals surface area contributed by atoms with Crippen molar-refractivity contribution < 1.29 is 60.5 Å². The highest BCUT2D eigenvalue weighted by atomic mass is 79.9. The van der Waals surface area contributed by atoms with Crippen LogP contribution in [0.25, 0.3) is 10.9 Å². The lowest BCUT2D eigenvalue weighted by atomic mass is 9.73. The molecule has 1 aliphatic rings. The van der Waals surface area contributed by atoms with Crippen LogP contribution >= 0.6 is 31.9 Å². The highest BCUT2D eigenvalue weighted by Crippen LogP contribution is 2.38. The van der Waals surface area contributed by atoms with Gasteiger partial charge in [-0.3, -0.25) is 24.4 Å². The summed E-state index contributed by atoms with van der Waals surface area (Å²) < 4.78 is 65.1. The molecule has 290 valence electrons. The molecule has 0 unspecified atom stereocenters. The molecule has 0 bridgehead atoms. The molecule has 2 aromatic carbocycles. The lowest BCUT2D eigenvalue weighted by molar-refractivity contribution is -0.193. The molecule has 53 heavy (non-hydrogen) atoms. The molecular weight excluding hydrogens is 852 g/mol. The van der Waals surface area contributed by atoms with E-state index in [1.165, 1.54) is 9.80 Å². The van der Waals surface area contributed by atoms with Gasteiger partial charge in [-0.1, -0.05) is 56.1 Å². The zero-order chi connectivity index (χ0) is 40.1. The van der Waals surface area contributed by atoms with Crippen molar-refractivity contribution in [3.05, 3.63) is 74.8 Å². The predicted octanol–water partition coefficient (Wildman–Crippen LogP) is 6.07. The number of benzene rings is 2. The Morgan fingerprint density at radius 3 is 1.60 bits per heavy atom. The number of aliphatic carboxylic acids is 2. The number of carbonyl (C=O) groups excluding carboxylic acids is 3. The van der Waals surface area contributed by atoms with E-state index in [9.17, 15) is 40.7 Å². The van der Waals surface area contributed by atoms with Crippen molar-refractivity contribution in [1.29, 1.82) is 0 Å². The molecule has 0 radical (unpaired) electrons. The number of pyridine rings is 1. The van der Waals surface area contributed by atoms with Crippen LogP contribution in [0, 0.1) is 5.41 Å². The number of halogens is 8. The van der Waals surface area contributed by atoms with Gasteiger partial charge in [0.2, 0.25) is 11.8 Å². The van der Waals surface area contributed by atoms with Crippen molar-refractivity contribution in [2.24, 2.45) is 16.9 Å². The molecule has 6 N–H and O–H groups in total. The lowest BCUT2D eigenvalue weighted by Crippen LogP contribution is -2.66. The lowest BCUT2D eigenvalue weighted by Gasteiger charge is -2.44. The number of alkyl halides is 6. The first-order valence-corrected chi connectivity index (χ1v) is 17.2. The molecule has 2 heterocycles. The number of rotatable bonds is 12. The predicted molar refractivity (Wildman–Crippen MR) is 186 cm³/mol. The van der Waals surface area contributed by atoms with Crippen molar-refractivity contribution in [2.75, 3.05) is 26.2 Å². The Labute approximate surface area is 315 Å². The van der Waals surface area contributed by atoms with Gasteiger partial charge in [0, 0.05) is 39.5 Å². The summed E-state index contributed by atoms with van der Waals surface area (Å²) in [5.74, 6) is -6.49. The van der Waals surface area contributed by atoms with Gasteiger partial charge in [0.05, 0.1) is 5.52 Å². The fourth-order valence-corrected chi connectivity index (χ4v) is 6.48. The molecule has 1 fully saturated rings. The molecule has 0 saturated carbocycles. The number of carboxylic acids is 2. The Morgan fingerprint density at radius 1 is 0.717 bits per heavy atom. The number of hydrogen-bond acceptors (Lipinski definition) is 8. The van der Waals surface area contributed by atoms with Crippen molar-refractivity contribution in [3.8, 4) is 0 Å². The number of imide groups is 2. The van der Waals surface area contributed by atoms with Crippen molar-refractivity contribution >= 4 is 72.5 Å². The van der Waals surface area contributed by atoms with Crippen LogP contribution in [0.2, 0.25) is 0 Å². The molecule has 1 saturated heterocycles. The Bertz CT molecular complexity index is 1700. The Balaban J connectivity index is 0.000000587. The second-order valence-corrected chi connectivity index (χ2v) is 13.3. The average Bonchev–Trinajstić information content (AvgIpc) is 3.06. The summed E-state index contributed by atoms with van der Waals surface area (Å²) in [5, 5.41) is 15.2. The van der Waals surface area contributed by atoms with E-state index in [0.717, 1.165) is 25.4 Å². The summed E-state index contributed by atoms with van der Waals surface area (Å²) in [6, 6.07) is 16.6. The normalized spacial score (nSPS) is 14.3. The van der Waals surface area contributed by atoms with Gasteiger partial charge in [-0.15, -0.1) is 0 Å². The van der Waals surface area contributed by atoms with Gasteiger partial charge in [0.25, 0.3) is 0 Å². The van der Waals surface area contributed by atoms with Crippen LogP contribution in [0.5, 0.6) is 0 Å². The Morgan fingerprint density at radius 2 is 1.17 bits per heavy atom. The first-order valence-electron chi connectivity index (χ1n) is 15.7.